The molecule has 106 valence electrons. The van der Waals surface area contributed by atoms with Crippen LogP contribution in [0.5, 0.6) is 0 Å². The fraction of sp³-hybridized carbons (Fsp3) is 0.643. The van der Waals surface area contributed by atoms with Crippen LogP contribution in [0.15, 0.2) is 17.5 Å². The number of nitrogens with zero attached hydrogens (tertiary/aromatic N) is 1. The predicted molar refractivity (Wildman–Crippen MR) is 77.3 cm³/mol. The summed E-state index contributed by atoms with van der Waals surface area (Å²) in [6, 6.07) is 4.02. The highest BCUT2D eigenvalue weighted by Gasteiger charge is 2.28. The molecule has 2 atom stereocenters. The third kappa shape index (κ3) is 4.03. The van der Waals surface area contributed by atoms with E-state index in [1.165, 1.54) is 4.88 Å². The van der Waals surface area contributed by atoms with Gasteiger partial charge in [-0.3, -0.25) is 9.69 Å². The Bertz CT molecular complexity index is 394. The molecular weight excluding hydrogens is 260 g/mol. The zero-order chi connectivity index (χ0) is 13.7. The number of aliphatic hydroxyl groups is 1. The molecule has 1 amide bonds. The smallest absolute Gasteiger partial charge is 0.237 e. The summed E-state index contributed by atoms with van der Waals surface area (Å²) in [5, 5.41) is 14.2. The molecule has 2 unspecified atom stereocenters. The quantitative estimate of drug-likeness (QED) is 0.822. The van der Waals surface area contributed by atoms with Gasteiger partial charge < -0.3 is 10.4 Å². The van der Waals surface area contributed by atoms with Crippen LogP contribution in [0.1, 0.15) is 18.2 Å². The molecule has 0 aliphatic carbocycles. The van der Waals surface area contributed by atoms with Gasteiger partial charge in [0.15, 0.2) is 0 Å². The summed E-state index contributed by atoms with van der Waals surface area (Å²) in [7, 11) is 0. The molecule has 0 saturated carbocycles. The van der Waals surface area contributed by atoms with Crippen LogP contribution in [-0.2, 0) is 11.2 Å². The number of likely N-dealkylation sites (tertiary alicyclic amines) is 1. The molecule has 5 heteroatoms. The number of hydrogen-bond acceptors (Lipinski definition) is 4. The van der Waals surface area contributed by atoms with Crippen LogP contribution < -0.4 is 5.32 Å². The SMILES string of the molecule is CC(C(=O)NCCc1cccs1)N1CCC(CO)C1. The van der Waals surface area contributed by atoms with Crippen LogP contribution in [0.25, 0.3) is 0 Å². The molecule has 1 aromatic heterocycles. The summed E-state index contributed by atoms with van der Waals surface area (Å²) >= 11 is 1.72. The fourth-order valence-corrected chi connectivity index (χ4v) is 3.15. The first-order chi connectivity index (χ1) is 9.20. The van der Waals surface area contributed by atoms with E-state index in [4.69, 9.17) is 5.11 Å². The lowest BCUT2D eigenvalue weighted by molar-refractivity contribution is -0.125. The summed E-state index contributed by atoms with van der Waals surface area (Å²) < 4.78 is 0. The van der Waals surface area contributed by atoms with E-state index in [1.807, 2.05) is 13.0 Å². The van der Waals surface area contributed by atoms with Crippen LogP contribution >= 0.6 is 11.3 Å². The maximum Gasteiger partial charge on any atom is 0.237 e. The molecule has 0 radical (unpaired) electrons. The number of thiophene rings is 1. The molecule has 1 aliphatic heterocycles. The molecule has 1 aliphatic rings. The maximum absolute atomic E-state index is 12.0. The largest absolute Gasteiger partial charge is 0.396 e. The van der Waals surface area contributed by atoms with Crippen molar-refractivity contribution in [2.24, 2.45) is 5.92 Å². The van der Waals surface area contributed by atoms with Gasteiger partial charge in [0.25, 0.3) is 0 Å². The van der Waals surface area contributed by atoms with Gasteiger partial charge in [0, 0.05) is 24.6 Å². The molecule has 19 heavy (non-hydrogen) atoms. The highest BCUT2D eigenvalue weighted by Crippen LogP contribution is 2.18. The van der Waals surface area contributed by atoms with Gasteiger partial charge in [0.2, 0.25) is 5.91 Å². The molecule has 1 fully saturated rings. The summed E-state index contributed by atoms with van der Waals surface area (Å²) in [6.45, 7) is 4.60. The van der Waals surface area contributed by atoms with Gasteiger partial charge in [-0.15, -0.1) is 11.3 Å². The second kappa shape index (κ2) is 7.03. The van der Waals surface area contributed by atoms with Gasteiger partial charge in [0.1, 0.15) is 0 Å². The zero-order valence-electron chi connectivity index (χ0n) is 11.3. The average molecular weight is 282 g/mol. The molecule has 4 nitrogen and oxygen atoms in total. The van der Waals surface area contributed by atoms with Crippen molar-refractivity contribution in [3.05, 3.63) is 22.4 Å². The lowest BCUT2D eigenvalue weighted by Gasteiger charge is -2.23. The van der Waals surface area contributed by atoms with Gasteiger partial charge in [-0.25, -0.2) is 0 Å². The molecule has 2 N–H and O–H groups in total. The molecule has 0 bridgehead atoms. The number of nitrogens with one attached hydrogen (secondary N) is 1. The van der Waals surface area contributed by atoms with Gasteiger partial charge in [0.05, 0.1) is 6.04 Å². The van der Waals surface area contributed by atoms with Crippen molar-refractivity contribution in [2.75, 3.05) is 26.2 Å². The zero-order valence-corrected chi connectivity index (χ0v) is 12.2. The van der Waals surface area contributed by atoms with E-state index in [-0.39, 0.29) is 18.6 Å². The van der Waals surface area contributed by atoms with Crippen molar-refractivity contribution in [3.63, 3.8) is 0 Å². The standard InChI is InChI=1S/C14H22N2O2S/c1-11(16-7-5-12(9-16)10-17)14(18)15-6-4-13-3-2-8-19-13/h2-3,8,11-12,17H,4-7,9-10H2,1H3,(H,15,18). The maximum atomic E-state index is 12.0. The normalized spacial score (nSPS) is 21.5. The Morgan fingerprint density at radius 2 is 2.53 bits per heavy atom. The second-order valence-electron chi connectivity index (χ2n) is 5.13. The van der Waals surface area contributed by atoms with E-state index in [0.29, 0.717) is 12.5 Å². The van der Waals surface area contributed by atoms with Gasteiger partial charge in [-0.05, 0) is 43.7 Å². The first-order valence-electron chi connectivity index (χ1n) is 6.85. The Labute approximate surface area is 118 Å². The lowest BCUT2D eigenvalue weighted by atomic mass is 10.1. The fourth-order valence-electron chi connectivity index (χ4n) is 2.44. The molecule has 0 spiro atoms. The predicted octanol–water partition coefficient (Wildman–Crippen LogP) is 1.11. The Morgan fingerprint density at radius 3 is 3.16 bits per heavy atom. The minimum absolute atomic E-state index is 0.0927. The lowest BCUT2D eigenvalue weighted by Crippen LogP contribution is -2.44. The van der Waals surface area contributed by atoms with Crippen LogP contribution in [0.3, 0.4) is 0 Å². The number of hydrogen-bond donors (Lipinski definition) is 2. The first kappa shape index (κ1) is 14.5. The van der Waals surface area contributed by atoms with E-state index in [0.717, 1.165) is 25.9 Å². The van der Waals surface area contributed by atoms with Crippen molar-refractivity contribution in [3.8, 4) is 0 Å². The van der Waals surface area contributed by atoms with Crippen molar-refractivity contribution in [2.45, 2.75) is 25.8 Å². The highest BCUT2D eigenvalue weighted by atomic mass is 32.1. The average Bonchev–Trinajstić information content (AvgIpc) is 3.08. The minimum Gasteiger partial charge on any atom is -0.396 e. The highest BCUT2D eigenvalue weighted by molar-refractivity contribution is 7.09. The Morgan fingerprint density at radius 1 is 1.68 bits per heavy atom. The van der Waals surface area contributed by atoms with E-state index in [9.17, 15) is 4.79 Å². The van der Waals surface area contributed by atoms with Crippen LogP contribution in [-0.4, -0.2) is 48.2 Å². The first-order valence-corrected chi connectivity index (χ1v) is 7.73. The van der Waals surface area contributed by atoms with E-state index >= 15 is 0 Å². The van der Waals surface area contributed by atoms with Crippen LogP contribution in [0, 0.1) is 5.92 Å². The molecule has 0 aromatic carbocycles. The molecule has 2 rings (SSSR count). The summed E-state index contributed by atoms with van der Waals surface area (Å²) in [5.41, 5.74) is 0. The summed E-state index contributed by atoms with van der Waals surface area (Å²) in [6.07, 6.45) is 1.89. The van der Waals surface area contributed by atoms with Crippen molar-refractivity contribution < 1.29 is 9.90 Å². The minimum atomic E-state index is -0.0973. The van der Waals surface area contributed by atoms with Crippen molar-refractivity contribution >= 4 is 17.2 Å². The number of carbonyl (C=O) groups is 1. The number of aliphatic hydroxyl groups excluding tert-OH is 1. The van der Waals surface area contributed by atoms with Gasteiger partial charge >= 0.3 is 0 Å². The Kier molecular flexibility index (Phi) is 5.36. The number of amides is 1. The second-order valence-corrected chi connectivity index (χ2v) is 6.16. The summed E-state index contributed by atoms with van der Waals surface area (Å²) in [4.78, 5) is 15.5. The molecule has 1 saturated heterocycles. The molecular formula is C14H22N2O2S. The van der Waals surface area contributed by atoms with Crippen molar-refractivity contribution in [1.82, 2.24) is 10.2 Å². The third-order valence-corrected chi connectivity index (χ3v) is 4.69. The molecule has 1 aromatic rings. The third-order valence-electron chi connectivity index (χ3n) is 3.75. The topological polar surface area (TPSA) is 52.6 Å². The van der Waals surface area contributed by atoms with E-state index in [2.05, 4.69) is 21.7 Å². The van der Waals surface area contributed by atoms with Crippen LogP contribution in [0.2, 0.25) is 0 Å². The Balaban J connectivity index is 1.70. The van der Waals surface area contributed by atoms with Crippen LogP contribution in [0.4, 0.5) is 0 Å². The van der Waals surface area contributed by atoms with Gasteiger partial charge in [-0.1, -0.05) is 6.07 Å². The van der Waals surface area contributed by atoms with Crippen molar-refractivity contribution in [1.29, 1.82) is 0 Å². The summed E-state index contributed by atoms with van der Waals surface area (Å²) in [5.74, 6) is 0.427. The molecule has 2 heterocycles. The number of rotatable bonds is 6. The van der Waals surface area contributed by atoms with E-state index < -0.39 is 0 Å². The number of carbonyl (C=O) groups excluding carboxylic acids is 1. The monoisotopic (exact) mass is 282 g/mol. The Hall–Kier alpha value is -0.910. The van der Waals surface area contributed by atoms with E-state index in [1.54, 1.807) is 11.3 Å². The van der Waals surface area contributed by atoms with Gasteiger partial charge in [-0.2, -0.15) is 0 Å².